The molecular formula is C7H5FOS2. The first-order valence-electron chi connectivity index (χ1n) is 2.85. The van der Waals surface area contributed by atoms with E-state index >= 15 is 0 Å². The van der Waals surface area contributed by atoms with Gasteiger partial charge in [0.05, 0.1) is 0 Å². The van der Waals surface area contributed by atoms with Crippen molar-refractivity contribution >= 4 is 27.6 Å². The summed E-state index contributed by atoms with van der Waals surface area (Å²) in [5.74, 6) is -0.342. The Hall–Kier alpha value is -0.480. The predicted molar refractivity (Wildman–Crippen MR) is 47.3 cm³/mol. The minimum absolute atomic E-state index is 0.173. The third kappa shape index (κ3) is 2.24. The second-order valence-electron chi connectivity index (χ2n) is 1.89. The zero-order chi connectivity index (χ0) is 8.27. The van der Waals surface area contributed by atoms with Gasteiger partial charge in [-0.2, -0.15) is 0 Å². The average molecular weight is 188 g/mol. The zero-order valence-electron chi connectivity index (χ0n) is 5.45. The number of hydrogen-bond donors (Lipinski definition) is 1. The van der Waals surface area contributed by atoms with Crippen LogP contribution in [-0.2, 0) is 0 Å². The van der Waals surface area contributed by atoms with Crippen molar-refractivity contribution in [1.82, 2.24) is 0 Å². The van der Waals surface area contributed by atoms with Gasteiger partial charge in [0.15, 0.2) is 0 Å². The Balaban J connectivity index is 2.90. The number of rotatable bonds is 1. The second-order valence-corrected chi connectivity index (χ2v) is 2.99. The quantitative estimate of drug-likeness (QED) is 0.539. The Bertz CT molecular complexity index is 258. The summed E-state index contributed by atoms with van der Waals surface area (Å²) in [6.45, 7) is 0. The van der Waals surface area contributed by atoms with E-state index in [0.717, 1.165) is 10.8 Å². The van der Waals surface area contributed by atoms with E-state index in [9.17, 15) is 9.18 Å². The highest BCUT2D eigenvalue weighted by Crippen LogP contribution is 2.15. The van der Waals surface area contributed by atoms with Crippen LogP contribution >= 0.6 is 22.5 Å². The third-order valence-electron chi connectivity index (χ3n) is 1.16. The molecule has 11 heavy (non-hydrogen) atoms. The molecule has 0 N–H and O–H groups in total. The molecule has 0 radical (unpaired) electrons. The lowest BCUT2D eigenvalue weighted by Crippen LogP contribution is -1.89. The van der Waals surface area contributed by atoms with E-state index in [1.165, 1.54) is 24.3 Å². The van der Waals surface area contributed by atoms with Crippen molar-refractivity contribution in [3.05, 3.63) is 35.6 Å². The number of thiol groups is 1. The molecule has 4 heteroatoms. The van der Waals surface area contributed by atoms with Crippen molar-refractivity contribution in [1.29, 1.82) is 0 Å². The first-order valence-corrected chi connectivity index (χ1v) is 4.72. The van der Waals surface area contributed by atoms with Gasteiger partial charge in [-0.05, 0) is 35.1 Å². The van der Waals surface area contributed by atoms with Gasteiger partial charge < -0.3 is 0 Å². The lowest BCUT2D eigenvalue weighted by Gasteiger charge is -1.93. The standard InChI is InChI=1S/C7H5FOS2/c8-6-3-1-5(2-4-6)7(9)11-10/h1-4,10H. The average Bonchev–Trinajstić information content (AvgIpc) is 2.05. The molecule has 0 saturated carbocycles. The molecule has 0 saturated heterocycles. The van der Waals surface area contributed by atoms with Gasteiger partial charge >= 0.3 is 0 Å². The van der Waals surface area contributed by atoms with Crippen molar-refractivity contribution in [2.75, 3.05) is 0 Å². The molecule has 0 atom stereocenters. The van der Waals surface area contributed by atoms with Crippen LogP contribution in [0.25, 0.3) is 0 Å². The molecule has 58 valence electrons. The van der Waals surface area contributed by atoms with Crippen molar-refractivity contribution in [3.8, 4) is 0 Å². The van der Waals surface area contributed by atoms with E-state index in [0.29, 0.717) is 5.56 Å². The molecule has 0 aliphatic rings. The van der Waals surface area contributed by atoms with Crippen LogP contribution in [0, 0.1) is 5.82 Å². The second kappa shape index (κ2) is 3.78. The fourth-order valence-electron chi connectivity index (χ4n) is 0.639. The maximum atomic E-state index is 12.3. The van der Waals surface area contributed by atoms with Gasteiger partial charge in [0, 0.05) is 5.56 Å². The number of halogens is 1. The first-order chi connectivity index (χ1) is 5.24. The van der Waals surface area contributed by atoms with Crippen LogP contribution in [0.1, 0.15) is 10.4 Å². The minimum Gasteiger partial charge on any atom is -0.281 e. The van der Waals surface area contributed by atoms with Gasteiger partial charge in [-0.15, -0.1) is 11.7 Å². The van der Waals surface area contributed by atoms with E-state index in [4.69, 9.17) is 0 Å². The van der Waals surface area contributed by atoms with Gasteiger partial charge in [0.25, 0.3) is 0 Å². The molecule has 0 aliphatic carbocycles. The van der Waals surface area contributed by atoms with Gasteiger partial charge in [0.1, 0.15) is 5.82 Å². The fraction of sp³-hybridized carbons (Fsp3) is 0. The van der Waals surface area contributed by atoms with Crippen LogP contribution in [0.3, 0.4) is 0 Å². The smallest absolute Gasteiger partial charge is 0.229 e. The molecule has 1 nitrogen and oxygen atoms in total. The summed E-state index contributed by atoms with van der Waals surface area (Å²) in [4.78, 5) is 10.9. The molecule has 0 bridgehead atoms. The topological polar surface area (TPSA) is 17.1 Å². The molecule has 0 aliphatic heterocycles. The lowest BCUT2D eigenvalue weighted by molar-refractivity contribution is 0.109. The Morgan fingerprint density at radius 3 is 2.36 bits per heavy atom. The van der Waals surface area contributed by atoms with Gasteiger partial charge in [0.2, 0.25) is 5.12 Å². The SMILES string of the molecule is O=C(SS)c1ccc(F)cc1. The Morgan fingerprint density at radius 1 is 1.36 bits per heavy atom. The van der Waals surface area contributed by atoms with Crippen molar-refractivity contribution < 1.29 is 9.18 Å². The van der Waals surface area contributed by atoms with E-state index in [2.05, 4.69) is 11.7 Å². The number of benzene rings is 1. The van der Waals surface area contributed by atoms with Crippen molar-refractivity contribution in [3.63, 3.8) is 0 Å². The molecule has 0 spiro atoms. The summed E-state index contributed by atoms with van der Waals surface area (Å²) in [6.07, 6.45) is 0. The van der Waals surface area contributed by atoms with E-state index in [-0.39, 0.29) is 10.9 Å². The molecule has 1 aromatic rings. The Morgan fingerprint density at radius 2 is 1.91 bits per heavy atom. The van der Waals surface area contributed by atoms with Crippen LogP contribution in [0.2, 0.25) is 0 Å². The largest absolute Gasteiger partial charge is 0.281 e. The summed E-state index contributed by atoms with van der Waals surface area (Å²) in [7, 11) is 0.817. The van der Waals surface area contributed by atoms with Crippen LogP contribution in [-0.4, -0.2) is 5.12 Å². The van der Waals surface area contributed by atoms with Crippen molar-refractivity contribution in [2.45, 2.75) is 0 Å². The maximum Gasteiger partial charge on any atom is 0.229 e. The minimum atomic E-state index is -0.342. The highest BCUT2D eigenvalue weighted by molar-refractivity contribution is 8.75. The highest BCUT2D eigenvalue weighted by atomic mass is 33.1. The molecule has 0 aromatic heterocycles. The van der Waals surface area contributed by atoms with Crippen LogP contribution in [0.4, 0.5) is 4.39 Å². The summed E-state index contributed by atoms with van der Waals surface area (Å²) in [6, 6.07) is 5.36. The molecule has 0 fully saturated rings. The van der Waals surface area contributed by atoms with Crippen LogP contribution in [0.5, 0.6) is 0 Å². The van der Waals surface area contributed by atoms with E-state index < -0.39 is 0 Å². The van der Waals surface area contributed by atoms with Gasteiger partial charge in [-0.25, -0.2) is 4.39 Å². The normalized spacial score (nSPS) is 9.64. The Labute approximate surface area is 72.8 Å². The highest BCUT2D eigenvalue weighted by Gasteiger charge is 2.02. The van der Waals surface area contributed by atoms with Gasteiger partial charge in [-0.1, -0.05) is 0 Å². The number of carbonyl (C=O) groups excluding carboxylic acids is 1. The van der Waals surface area contributed by atoms with E-state index in [1.54, 1.807) is 0 Å². The molecule has 1 rings (SSSR count). The monoisotopic (exact) mass is 188 g/mol. The maximum absolute atomic E-state index is 12.3. The summed E-state index contributed by atoms with van der Waals surface area (Å²) in [5.41, 5.74) is 0.464. The van der Waals surface area contributed by atoms with E-state index in [1.807, 2.05) is 0 Å². The molecular weight excluding hydrogens is 183 g/mol. The van der Waals surface area contributed by atoms with Crippen LogP contribution in [0.15, 0.2) is 24.3 Å². The molecule has 1 aromatic carbocycles. The predicted octanol–water partition coefficient (Wildman–Crippen LogP) is 2.54. The summed E-state index contributed by atoms with van der Waals surface area (Å²) < 4.78 is 12.3. The molecule has 0 heterocycles. The third-order valence-corrected chi connectivity index (χ3v) is 2.06. The number of hydrogen-bond acceptors (Lipinski definition) is 3. The fourth-order valence-corrected chi connectivity index (χ4v) is 1.20. The first kappa shape index (κ1) is 8.62. The van der Waals surface area contributed by atoms with Gasteiger partial charge in [-0.3, -0.25) is 4.79 Å². The molecule has 0 unspecified atom stereocenters. The van der Waals surface area contributed by atoms with Crippen molar-refractivity contribution in [2.24, 2.45) is 0 Å². The summed E-state index contributed by atoms with van der Waals surface area (Å²) in [5, 5.41) is -0.173. The Kier molecular flexibility index (Phi) is 2.96. The zero-order valence-corrected chi connectivity index (χ0v) is 7.16. The molecule has 0 amide bonds. The lowest BCUT2D eigenvalue weighted by atomic mass is 10.2. The summed E-state index contributed by atoms with van der Waals surface area (Å²) >= 11 is 3.73. The number of carbonyl (C=O) groups is 1. The van der Waals surface area contributed by atoms with Crippen LogP contribution < -0.4 is 0 Å².